The van der Waals surface area contributed by atoms with Gasteiger partial charge in [-0.05, 0) is 40.5 Å². The van der Waals surface area contributed by atoms with Gasteiger partial charge in [0.2, 0.25) is 0 Å². The Labute approximate surface area is 182 Å². The standard InChI is InChI=1S/C26H27NO4/c28-26(29)23-9-10-25-24(17-23)16-21-7-4-8-22(15-21)19-27(11-12-30-13-14-31-25)18-20-5-2-1-3-6-20/h1-10,15,17H,11-14,16,18-19H2,(H,28,29). The van der Waals surface area contributed by atoms with Gasteiger partial charge in [-0.25, -0.2) is 4.79 Å². The van der Waals surface area contributed by atoms with Gasteiger partial charge >= 0.3 is 5.97 Å². The van der Waals surface area contributed by atoms with Gasteiger partial charge in [-0.1, -0.05) is 54.6 Å². The molecule has 3 aromatic rings. The maximum atomic E-state index is 11.4. The lowest BCUT2D eigenvalue weighted by Crippen LogP contribution is -2.27. The molecule has 0 saturated heterocycles. The molecule has 160 valence electrons. The predicted molar refractivity (Wildman–Crippen MR) is 120 cm³/mol. The molecular formula is C26H27NO4. The quantitative estimate of drug-likeness (QED) is 0.685. The number of hydrogen-bond donors (Lipinski definition) is 1. The highest BCUT2D eigenvalue weighted by Crippen LogP contribution is 2.24. The number of hydrogen-bond acceptors (Lipinski definition) is 4. The molecule has 0 unspecified atom stereocenters. The van der Waals surface area contributed by atoms with Crippen molar-refractivity contribution in [2.45, 2.75) is 19.5 Å². The molecule has 1 aliphatic rings. The van der Waals surface area contributed by atoms with Crippen LogP contribution in [0.2, 0.25) is 0 Å². The number of rotatable bonds is 3. The lowest BCUT2D eigenvalue weighted by atomic mass is 10.00. The van der Waals surface area contributed by atoms with E-state index in [1.54, 1.807) is 18.2 Å². The second kappa shape index (κ2) is 10.2. The molecule has 0 atom stereocenters. The lowest BCUT2D eigenvalue weighted by Gasteiger charge is -2.23. The van der Waals surface area contributed by atoms with Crippen molar-refractivity contribution in [1.82, 2.24) is 4.90 Å². The van der Waals surface area contributed by atoms with Gasteiger partial charge in [0.05, 0.1) is 18.8 Å². The second-order valence-corrected chi connectivity index (χ2v) is 7.78. The summed E-state index contributed by atoms with van der Waals surface area (Å²) >= 11 is 0. The molecule has 0 aliphatic carbocycles. The van der Waals surface area contributed by atoms with Crippen molar-refractivity contribution in [3.8, 4) is 5.75 Å². The van der Waals surface area contributed by atoms with Crippen LogP contribution in [0.1, 0.15) is 32.6 Å². The fraction of sp³-hybridized carbons (Fsp3) is 0.269. The number of carboxylic acids is 1. The van der Waals surface area contributed by atoms with Crippen LogP contribution in [-0.2, 0) is 24.2 Å². The third kappa shape index (κ3) is 5.94. The van der Waals surface area contributed by atoms with Gasteiger partial charge in [-0.15, -0.1) is 0 Å². The summed E-state index contributed by atoms with van der Waals surface area (Å²) in [6.45, 7) is 4.06. The monoisotopic (exact) mass is 417 g/mol. The minimum absolute atomic E-state index is 0.268. The van der Waals surface area contributed by atoms with Crippen LogP contribution in [0.4, 0.5) is 0 Å². The fourth-order valence-electron chi connectivity index (χ4n) is 3.87. The Morgan fingerprint density at radius 3 is 2.58 bits per heavy atom. The van der Waals surface area contributed by atoms with Gasteiger partial charge in [-0.2, -0.15) is 0 Å². The van der Waals surface area contributed by atoms with Crippen molar-refractivity contribution in [2.75, 3.05) is 26.4 Å². The van der Waals surface area contributed by atoms with Gasteiger partial charge in [0.25, 0.3) is 0 Å². The van der Waals surface area contributed by atoms with E-state index in [9.17, 15) is 9.90 Å². The SMILES string of the molecule is O=C(O)c1ccc2c(c1)Cc1cccc(c1)CN(Cc1ccccc1)CCOCCO2. The normalized spacial score (nSPS) is 15.4. The minimum atomic E-state index is -0.934. The zero-order valence-corrected chi connectivity index (χ0v) is 17.5. The Kier molecular flexibility index (Phi) is 6.97. The lowest BCUT2D eigenvalue weighted by molar-refractivity contribution is 0.0695. The van der Waals surface area contributed by atoms with Gasteiger partial charge in [0.15, 0.2) is 0 Å². The molecule has 4 rings (SSSR count). The van der Waals surface area contributed by atoms with E-state index in [-0.39, 0.29) is 5.56 Å². The van der Waals surface area contributed by atoms with Crippen LogP contribution in [0, 0.1) is 0 Å². The molecule has 3 aromatic carbocycles. The number of carboxylic acid groups (broad SMARTS) is 1. The molecule has 31 heavy (non-hydrogen) atoms. The van der Waals surface area contributed by atoms with Crippen molar-refractivity contribution >= 4 is 5.97 Å². The van der Waals surface area contributed by atoms with Gasteiger partial charge in [0.1, 0.15) is 12.4 Å². The Morgan fingerprint density at radius 2 is 1.74 bits per heavy atom. The summed E-state index contributed by atoms with van der Waals surface area (Å²) in [5, 5.41) is 9.39. The Hall–Kier alpha value is -3.15. The molecule has 1 N–H and O–H groups in total. The summed E-state index contributed by atoms with van der Waals surface area (Å²) in [4.78, 5) is 13.8. The summed E-state index contributed by atoms with van der Waals surface area (Å²) in [5.74, 6) is -0.224. The molecule has 2 bridgehead atoms. The van der Waals surface area contributed by atoms with Crippen molar-refractivity contribution < 1.29 is 19.4 Å². The maximum Gasteiger partial charge on any atom is 0.335 e. The molecule has 0 aromatic heterocycles. The van der Waals surface area contributed by atoms with E-state index in [1.165, 1.54) is 11.1 Å². The third-order valence-electron chi connectivity index (χ3n) is 5.39. The van der Waals surface area contributed by atoms with Crippen molar-refractivity contribution in [3.63, 3.8) is 0 Å². The fourth-order valence-corrected chi connectivity index (χ4v) is 3.87. The third-order valence-corrected chi connectivity index (χ3v) is 5.39. The summed E-state index contributed by atoms with van der Waals surface area (Å²) in [5.41, 5.74) is 4.78. The summed E-state index contributed by atoms with van der Waals surface area (Å²) < 4.78 is 11.7. The molecule has 5 heteroatoms. The van der Waals surface area contributed by atoms with E-state index in [4.69, 9.17) is 9.47 Å². The zero-order chi connectivity index (χ0) is 21.5. The van der Waals surface area contributed by atoms with Crippen LogP contribution >= 0.6 is 0 Å². The molecule has 1 aliphatic heterocycles. The molecule has 1 heterocycles. The summed E-state index contributed by atoms with van der Waals surface area (Å²) in [6, 6.07) is 24.0. The van der Waals surface area contributed by atoms with Gasteiger partial charge in [0, 0.05) is 26.1 Å². The Bertz CT molecular complexity index is 1020. The van der Waals surface area contributed by atoms with Crippen molar-refractivity contribution in [3.05, 3.63) is 101 Å². The first kappa shape index (κ1) is 21.1. The van der Waals surface area contributed by atoms with Crippen LogP contribution < -0.4 is 4.74 Å². The Balaban J connectivity index is 1.60. The summed E-state index contributed by atoms with van der Waals surface area (Å²) in [7, 11) is 0. The predicted octanol–water partition coefficient (Wildman–Crippen LogP) is 4.39. The Morgan fingerprint density at radius 1 is 0.903 bits per heavy atom. The molecule has 0 radical (unpaired) electrons. The van der Waals surface area contributed by atoms with Crippen LogP contribution in [0.3, 0.4) is 0 Å². The van der Waals surface area contributed by atoms with Crippen LogP contribution in [0.15, 0.2) is 72.8 Å². The maximum absolute atomic E-state index is 11.4. The smallest absolute Gasteiger partial charge is 0.335 e. The molecule has 0 saturated carbocycles. The van der Waals surface area contributed by atoms with Crippen LogP contribution in [-0.4, -0.2) is 42.3 Å². The second-order valence-electron chi connectivity index (χ2n) is 7.78. The van der Waals surface area contributed by atoms with Crippen LogP contribution in [0.5, 0.6) is 5.75 Å². The first-order valence-electron chi connectivity index (χ1n) is 10.6. The average molecular weight is 418 g/mol. The molecular weight excluding hydrogens is 390 g/mol. The largest absolute Gasteiger partial charge is 0.491 e. The van der Waals surface area contributed by atoms with Crippen LogP contribution in [0.25, 0.3) is 0 Å². The first-order valence-corrected chi connectivity index (χ1v) is 10.6. The van der Waals surface area contributed by atoms with Crippen molar-refractivity contribution in [1.29, 1.82) is 0 Å². The van der Waals surface area contributed by atoms with E-state index in [2.05, 4.69) is 53.4 Å². The number of nitrogens with zero attached hydrogens (tertiary/aromatic N) is 1. The molecule has 0 amide bonds. The van der Waals surface area contributed by atoms with Gasteiger partial charge in [-0.3, -0.25) is 4.90 Å². The van der Waals surface area contributed by atoms with E-state index >= 15 is 0 Å². The number of benzene rings is 3. The highest BCUT2D eigenvalue weighted by molar-refractivity contribution is 5.88. The minimum Gasteiger partial charge on any atom is -0.491 e. The highest BCUT2D eigenvalue weighted by atomic mass is 16.5. The zero-order valence-electron chi connectivity index (χ0n) is 17.5. The van der Waals surface area contributed by atoms with E-state index in [0.29, 0.717) is 32.0 Å². The molecule has 0 spiro atoms. The van der Waals surface area contributed by atoms with E-state index in [0.717, 1.165) is 30.8 Å². The number of ether oxygens (including phenoxy) is 2. The molecule has 0 fully saturated rings. The summed E-state index contributed by atoms with van der Waals surface area (Å²) in [6.07, 6.45) is 0.615. The average Bonchev–Trinajstić information content (AvgIpc) is 2.77. The highest BCUT2D eigenvalue weighted by Gasteiger charge is 2.13. The van der Waals surface area contributed by atoms with E-state index in [1.807, 2.05) is 6.07 Å². The topological polar surface area (TPSA) is 59.0 Å². The first-order chi connectivity index (χ1) is 15.2. The molecule has 5 nitrogen and oxygen atoms in total. The van der Waals surface area contributed by atoms with Gasteiger partial charge < -0.3 is 14.6 Å². The van der Waals surface area contributed by atoms with Crippen molar-refractivity contribution in [2.24, 2.45) is 0 Å². The van der Waals surface area contributed by atoms with E-state index < -0.39 is 5.97 Å². The number of carbonyl (C=O) groups is 1. The number of aromatic carboxylic acids is 1. The number of fused-ring (bicyclic) bond motifs is 3.